The molecule has 0 saturated carbocycles. The molecule has 1 fully saturated rings. The lowest BCUT2D eigenvalue weighted by atomic mass is 10.1. The Balaban J connectivity index is 2.19. The summed E-state index contributed by atoms with van der Waals surface area (Å²) in [6.45, 7) is 2.09. The van der Waals surface area contributed by atoms with E-state index >= 15 is 0 Å². The van der Waals surface area contributed by atoms with Gasteiger partial charge in [0.2, 0.25) is 5.91 Å². The zero-order valence-electron chi connectivity index (χ0n) is 11.1. The van der Waals surface area contributed by atoms with Crippen molar-refractivity contribution in [1.29, 1.82) is 0 Å². The number of halogens is 1. The topological polar surface area (TPSA) is 41.6 Å². The monoisotopic (exact) mass is 282 g/mol. The number of methoxy groups -OCH3 is 1. The fraction of sp³-hybridized carbons (Fsp3) is 0.500. The molecule has 4 nitrogen and oxygen atoms in total. The second-order valence-electron chi connectivity index (χ2n) is 4.69. The van der Waals surface area contributed by atoms with Crippen LogP contribution in [-0.2, 0) is 9.53 Å². The number of hydrogen-bond donors (Lipinski definition) is 1. The van der Waals surface area contributed by atoms with Crippen LogP contribution in [0.15, 0.2) is 18.2 Å². The van der Waals surface area contributed by atoms with Crippen molar-refractivity contribution in [3.05, 3.63) is 23.2 Å². The zero-order chi connectivity index (χ0) is 13.7. The van der Waals surface area contributed by atoms with Crippen LogP contribution >= 0.6 is 11.6 Å². The van der Waals surface area contributed by atoms with Gasteiger partial charge in [-0.3, -0.25) is 4.79 Å². The van der Waals surface area contributed by atoms with E-state index in [-0.39, 0.29) is 12.5 Å². The van der Waals surface area contributed by atoms with E-state index in [4.69, 9.17) is 16.3 Å². The number of piperidine rings is 1. The smallest absolute Gasteiger partial charge is 0.250 e. The summed E-state index contributed by atoms with van der Waals surface area (Å²) in [6, 6.07) is 5.62. The molecule has 1 aromatic rings. The van der Waals surface area contributed by atoms with Crippen molar-refractivity contribution in [2.24, 2.45) is 0 Å². The van der Waals surface area contributed by atoms with Crippen LogP contribution in [-0.4, -0.2) is 32.7 Å². The summed E-state index contributed by atoms with van der Waals surface area (Å²) < 4.78 is 4.83. The van der Waals surface area contributed by atoms with Crippen LogP contribution in [0, 0.1) is 0 Å². The Kier molecular flexibility index (Phi) is 5.05. The minimum absolute atomic E-state index is 0.0476. The number of amides is 1. The van der Waals surface area contributed by atoms with E-state index in [1.54, 1.807) is 6.07 Å². The maximum absolute atomic E-state index is 11.7. The lowest BCUT2D eigenvalue weighted by molar-refractivity contribution is -0.119. The van der Waals surface area contributed by atoms with Crippen molar-refractivity contribution in [2.75, 3.05) is 37.0 Å². The van der Waals surface area contributed by atoms with Gasteiger partial charge in [0.05, 0.1) is 11.4 Å². The summed E-state index contributed by atoms with van der Waals surface area (Å²) in [4.78, 5) is 14.0. The molecule has 1 aromatic carbocycles. The predicted molar refractivity (Wildman–Crippen MR) is 78.0 cm³/mol. The molecule has 1 amide bonds. The van der Waals surface area contributed by atoms with E-state index in [0.29, 0.717) is 5.02 Å². The molecule has 1 aliphatic heterocycles. The number of nitrogens with zero attached hydrogens (tertiary/aromatic N) is 1. The second kappa shape index (κ2) is 6.78. The molecule has 1 N–H and O–H groups in total. The first-order valence-corrected chi connectivity index (χ1v) is 6.92. The number of benzene rings is 1. The Morgan fingerprint density at radius 2 is 2.11 bits per heavy atom. The SMILES string of the molecule is COCC(=O)Nc1cc(Cl)ccc1N1CCCCC1. The molecule has 2 rings (SSSR count). The van der Waals surface area contributed by atoms with E-state index in [1.165, 1.54) is 26.4 Å². The average molecular weight is 283 g/mol. The van der Waals surface area contributed by atoms with Gasteiger partial charge in [0, 0.05) is 25.2 Å². The van der Waals surface area contributed by atoms with Gasteiger partial charge in [-0.2, -0.15) is 0 Å². The number of anilines is 2. The van der Waals surface area contributed by atoms with Crippen LogP contribution in [0.2, 0.25) is 5.02 Å². The fourth-order valence-corrected chi connectivity index (χ4v) is 2.51. The molecule has 0 spiro atoms. The summed E-state index contributed by atoms with van der Waals surface area (Å²) >= 11 is 6.02. The van der Waals surface area contributed by atoms with E-state index in [9.17, 15) is 4.79 Å². The van der Waals surface area contributed by atoms with E-state index in [0.717, 1.165) is 24.5 Å². The van der Waals surface area contributed by atoms with Crippen LogP contribution in [0.4, 0.5) is 11.4 Å². The number of nitrogens with one attached hydrogen (secondary N) is 1. The Hall–Kier alpha value is -1.26. The summed E-state index contributed by atoms with van der Waals surface area (Å²) in [5.74, 6) is -0.164. The van der Waals surface area contributed by atoms with Gasteiger partial charge in [-0.1, -0.05) is 11.6 Å². The highest BCUT2D eigenvalue weighted by molar-refractivity contribution is 6.31. The van der Waals surface area contributed by atoms with Crippen molar-refractivity contribution in [3.8, 4) is 0 Å². The zero-order valence-corrected chi connectivity index (χ0v) is 11.9. The normalized spacial score (nSPS) is 15.4. The number of rotatable bonds is 4. The van der Waals surface area contributed by atoms with Gasteiger partial charge in [-0.25, -0.2) is 0 Å². The first-order chi connectivity index (χ1) is 9.20. The quantitative estimate of drug-likeness (QED) is 0.923. The van der Waals surface area contributed by atoms with Crippen LogP contribution < -0.4 is 10.2 Å². The Morgan fingerprint density at radius 3 is 2.79 bits per heavy atom. The van der Waals surface area contributed by atoms with Crippen molar-refractivity contribution < 1.29 is 9.53 Å². The highest BCUT2D eigenvalue weighted by Gasteiger charge is 2.16. The van der Waals surface area contributed by atoms with Gasteiger partial charge in [0.15, 0.2) is 0 Å². The van der Waals surface area contributed by atoms with Gasteiger partial charge in [0.25, 0.3) is 0 Å². The van der Waals surface area contributed by atoms with E-state index in [1.807, 2.05) is 12.1 Å². The highest BCUT2D eigenvalue weighted by Crippen LogP contribution is 2.31. The van der Waals surface area contributed by atoms with Crippen LogP contribution in [0.1, 0.15) is 19.3 Å². The van der Waals surface area contributed by atoms with Crippen LogP contribution in [0.5, 0.6) is 0 Å². The number of carbonyl (C=O) groups excluding carboxylic acids is 1. The first kappa shape index (κ1) is 14.2. The molecule has 5 heteroatoms. The third-order valence-corrected chi connectivity index (χ3v) is 3.44. The van der Waals surface area contributed by atoms with Crippen molar-refractivity contribution in [1.82, 2.24) is 0 Å². The van der Waals surface area contributed by atoms with Crippen molar-refractivity contribution >= 4 is 28.9 Å². The highest BCUT2D eigenvalue weighted by atomic mass is 35.5. The molecule has 0 atom stereocenters. The van der Waals surface area contributed by atoms with Gasteiger partial charge in [-0.05, 0) is 37.5 Å². The Morgan fingerprint density at radius 1 is 1.37 bits per heavy atom. The fourth-order valence-electron chi connectivity index (χ4n) is 2.34. The number of hydrogen-bond acceptors (Lipinski definition) is 3. The Labute approximate surface area is 118 Å². The van der Waals surface area contributed by atoms with Crippen molar-refractivity contribution in [2.45, 2.75) is 19.3 Å². The maximum atomic E-state index is 11.7. The molecular weight excluding hydrogens is 264 g/mol. The molecule has 1 saturated heterocycles. The molecule has 0 aliphatic carbocycles. The molecular formula is C14H19ClN2O2. The second-order valence-corrected chi connectivity index (χ2v) is 5.13. The van der Waals surface area contributed by atoms with Gasteiger partial charge in [-0.15, -0.1) is 0 Å². The molecule has 0 aromatic heterocycles. The van der Waals surface area contributed by atoms with E-state index in [2.05, 4.69) is 10.2 Å². The molecule has 104 valence electrons. The average Bonchev–Trinajstić information content (AvgIpc) is 2.40. The van der Waals surface area contributed by atoms with Gasteiger partial charge < -0.3 is 15.0 Å². The summed E-state index contributed by atoms with van der Waals surface area (Å²) in [5, 5.41) is 3.48. The van der Waals surface area contributed by atoms with Gasteiger partial charge >= 0.3 is 0 Å². The molecule has 0 radical (unpaired) electrons. The number of carbonyl (C=O) groups is 1. The maximum Gasteiger partial charge on any atom is 0.250 e. The summed E-state index contributed by atoms with van der Waals surface area (Å²) in [7, 11) is 1.50. The molecule has 1 aliphatic rings. The van der Waals surface area contributed by atoms with E-state index < -0.39 is 0 Å². The lowest BCUT2D eigenvalue weighted by Crippen LogP contribution is -2.30. The van der Waals surface area contributed by atoms with Crippen molar-refractivity contribution in [3.63, 3.8) is 0 Å². The Bertz CT molecular complexity index is 445. The third-order valence-electron chi connectivity index (χ3n) is 3.20. The largest absolute Gasteiger partial charge is 0.375 e. The molecule has 19 heavy (non-hydrogen) atoms. The first-order valence-electron chi connectivity index (χ1n) is 6.54. The third kappa shape index (κ3) is 3.85. The van der Waals surface area contributed by atoms with Gasteiger partial charge in [0.1, 0.15) is 6.61 Å². The summed E-state index contributed by atoms with van der Waals surface area (Å²) in [6.07, 6.45) is 3.65. The van der Waals surface area contributed by atoms with Crippen LogP contribution in [0.3, 0.4) is 0 Å². The minimum atomic E-state index is -0.164. The summed E-state index contributed by atoms with van der Waals surface area (Å²) in [5.41, 5.74) is 1.80. The standard InChI is InChI=1S/C14H19ClN2O2/c1-19-10-14(18)16-12-9-11(15)5-6-13(12)17-7-3-2-4-8-17/h5-6,9H,2-4,7-8,10H2,1H3,(H,16,18). The van der Waals surface area contributed by atoms with Crippen LogP contribution in [0.25, 0.3) is 0 Å². The molecule has 1 heterocycles. The molecule has 0 bridgehead atoms. The lowest BCUT2D eigenvalue weighted by Gasteiger charge is -2.30. The minimum Gasteiger partial charge on any atom is -0.375 e. The number of ether oxygens (including phenoxy) is 1. The molecule has 0 unspecified atom stereocenters. The predicted octanol–water partition coefficient (Wildman–Crippen LogP) is 2.92.